The Balaban J connectivity index is 1.68. The molecule has 0 spiro atoms. The monoisotopic (exact) mass is 205 g/mol. The molecule has 1 aromatic rings. The van der Waals surface area contributed by atoms with Gasteiger partial charge in [0.1, 0.15) is 5.76 Å². The van der Waals surface area contributed by atoms with Gasteiger partial charge in [-0.3, -0.25) is 9.69 Å². The fraction of sp³-hybridized carbons (Fsp3) is 0.583. The molecule has 0 aromatic carbocycles. The van der Waals surface area contributed by atoms with Crippen LogP contribution in [0.25, 0.3) is 0 Å². The first kappa shape index (κ1) is 9.16. The second-order valence-electron chi connectivity index (χ2n) is 4.68. The Kier molecular flexibility index (Phi) is 2.13. The van der Waals surface area contributed by atoms with E-state index in [1.165, 1.54) is 25.8 Å². The van der Waals surface area contributed by atoms with Crippen molar-refractivity contribution in [1.29, 1.82) is 0 Å². The van der Waals surface area contributed by atoms with Crippen LogP contribution in [-0.2, 0) is 6.54 Å². The summed E-state index contributed by atoms with van der Waals surface area (Å²) in [5, 5.41) is 0. The Morgan fingerprint density at radius 2 is 2.40 bits per heavy atom. The van der Waals surface area contributed by atoms with Crippen LogP contribution in [0.5, 0.6) is 0 Å². The molecule has 1 saturated carbocycles. The van der Waals surface area contributed by atoms with Crippen molar-refractivity contribution >= 4 is 6.29 Å². The molecule has 2 atom stereocenters. The highest BCUT2D eigenvalue weighted by molar-refractivity contribution is 5.70. The van der Waals surface area contributed by atoms with Gasteiger partial charge in [0.05, 0.1) is 6.54 Å². The van der Waals surface area contributed by atoms with E-state index in [0.29, 0.717) is 5.76 Å². The molecule has 3 nitrogen and oxygen atoms in total. The third kappa shape index (κ3) is 1.61. The van der Waals surface area contributed by atoms with E-state index in [2.05, 4.69) is 4.90 Å². The van der Waals surface area contributed by atoms with Gasteiger partial charge in [0.2, 0.25) is 0 Å². The summed E-state index contributed by atoms with van der Waals surface area (Å²) >= 11 is 0. The molecule has 0 amide bonds. The van der Waals surface area contributed by atoms with Crippen LogP contribution in [0.1, 0.15) is 35.6 Å². The van der Waals surface area contributed by atoms with Crippen LogP contribution >= 0.6 is 0 Å². The Hall–Kier alpha value is -1.09. The minimum Gasteiger partial charge on any atom is -0.457 e. The summed E-state index contributed by atoms with van der Waals surface area (Å²) in [5.41, 5.74) is 0. The van der Waals surface area contributed by atoms with Crippen LogP contribution in [0.4, 0.5) is 0 Å². The summed E-state index contributed by atoms with van der Waals surface area (Å²) in [6.07, 6.45) is 4.87. The lowest BCUT2D eigenvalue weighted by Gasteiger charge is -2.25. The molecule has 1 aliphatic heterocycles. The maximum absolute atomic E-state index is 10.5. The standard InChI is InChI=1S/C12H15NO2/c14-8-12-4-3-11(15-12)7-13-6-9-1-2-10(13)5-9/h3-4,8-10H,1-2,5-7H2. The van der Waals surface area contributed by atoms with Crippen LogP contribution < -0.4 is 0 Å². The number of carbonyl (C=O) groups excluding carboxylic acids is 1. The number of hydrogen-bond donors (Lipinski definition) is 0. The molecule has 3 heteroatoms. The molecule has 0 N–H and O–H groups in total. The van der Waals surface area contributed by atoms with E-state index in [1.54, 1.807) is 6.07 Å². The van der Waals surface area contributed by atoms with Gasteiger partial charge in [0.25, 0.3) is 0 Å². The van der Waals surface area contributed by atoms with Crippen LogP contribution in [0.15, 0.2) is 16.5 Å². The fourth-order valence-corrected chi connectivity index (χ4v) is 2.96. The molecule has 2 fully saturated rings. The Morgan fingerprint density at radius 3 is 3.00 bits per heavy atom. The van der Waals surface area contributed by atoms with Gasteiger partial charge in [-0.1, -0.05) is 0 Å². The number of aldehydes is 1. The maximum Gasteiger partial charge on any atom is 0.185 e. The van der Waals surface area contributed by atoms with E-state index >= 15 is 0 Å². The van der Waals surface area contributed by atoms with Crippen LogP contribution in [0, 0.1) is 5.92 Å². The summed E-state index contributed by atoms with van der Waals surface area (Å²) in [7, 11) is 0. The molecule has 1 aromatic heterocycles. The van der Waals surface area contributed by atoms with E-state index < -0.39 is 0 Å². The number of furan rings is 1. The zero-order valence-corrected chi connectivity index (χ0v) is 8.69. The van der Waals surface area contributed by atoms with E-state index in [1.807, 2.05) is 6.07 Å². The Labute approximate surface area is 89.1 Å². The van der Waals surface area contributed by atoms with Crippen molar-refractivity contribution in [1.82, 2.24) is 4.90 Å². The van der Waals surface area contributed by atoms with Gasteiger partial charge in [0.15, 0.2) is 12.0 Å². The van der Waals surface area contributed by atoms with E-state index in [4.69, 9.17) is 4.42 Å². The van der Waals surface area contributed by atoms with E-state index in [-0.39, 0.29) is 0 Å². The SMILES string of the molecule is O=Cc1ccc(CN2CC3CCC2C3)o1. The van der Waals surface area contributed by atoms with Gasteiger partial charge >= 0.3 is 0 Å². The second-order valence-corrected chi connectivity index (χ2v) is 4.68. The zero-order chi connectivity index (χ0) is 10.3. The topological polar surface area (TPSA) is 33.5 Å². The number of nitrogens with zero attached hydrogens (tertiary/aromatic N) is 1. The highest BCUT2D eigenvalue weighted by Crippen LogP contribution is 2.38. The number of carbonyl (C=O) groups is 1. The molecule has 2 heterocycles. The summed E-state index contributed by atoms with van der Waals surface area (Å²) in [5.74, 6) is 2.27. The molecular formula is C12H15NO2. The summed E-state index contributed by atoms with van der Waals surface area (Å²) < 4.78 is 5.39. The minimum atomic E-state index is 0.439. The van der Waals surface area contributed by atoms with Gasteiger partial charge in [-0.2, -0.15) is 0 Å². The summed E-state index contributed by atoms with van der Waals surface area (Å²) in [6.45, 7) is 2.08. The number of rotatable bonds is 3. The van der Waals surface area contributed by atoms with Gasteiger partial charge in [-0.05, 0) is 37.3 Å². The van der Waals surface area contributed by atoms with E-state index in [9.17, 15) is 4.79 Å². The van der Waals surface area contributed by atoms with Crippen LogP contribution in [0.3, 0.4) is 0 Å². The Bertz CT molecular complexity index is 371. The average Bonchev–Trinajstić information content (AvgIpc) is 2.92. The van der Waals surface area contributed by atoms with Crippen molar-refractivity contribution in [2.24, 2.45) is 5.92 Å². The molecule has 2 bridgehead atoms. The van der Waals surface area contributed by atoms with E-state index in [0.717, 1.165) is 30.6 Å². The predicted octanol–water partition coefficient (Wildman–Crippen LogP) is 2.08. The van der Waals surface area contributed by atoms with Gasteiger partial charge in [0, 0.05) is 12.6 Å². The summed E-state index contributed by atoms with van der Waals surface area (Å²) in [6, 6.07) is 4.42. The van der Waals surface area contributed by atoms with Crippen LogP contribution in [-0.4, -0.2) is 23.8 Å². The summed E-state index contributed by atoms with van der Waals surface area (Å²) in [4.78, 5) is 13.0. The number of piperidine rings is 1. The molecule has 80 valence electrons. The number of likely N-dealkylation sites (tertiary alicyclic amines) is 1. The van der Waals surface area contributed by atoms with Crippen molar-refractivity contribution in [3.63, 3.8) is 0 Å². The third-order valence-corrected chi connectivity index (χ3v) is 3.68. The largest absolute Gasteiger partial charge is 0.457 e. The first-order valence-corrected chi connectivity index (χ1v) is 5.63. The lowest BCUT2D eigenvalue weighted by atomic mass is 10.1. The van der Waals surface area contributed by atoms with Crippen molar-refractivity contribution in [2.75, 3.05) is 6.54 Å². The lowest BCUT2D eigenvalue weighted by Crippen LogP contribution is -2.31. The third-order valence-electron chi connectivity index (χ3n) is 3.68. The first-order chi connectivity index (χ1) is 7.35. The number of fused-ring (bicyclic) bond motifs is 2. The molecule has 3 rings (SSSR count). The van der Waals surface area contributed by atoms with Crippen molar-refractivity contribution < 1.29 is 9.21 Å². The van der Waals surface area contributed by atoms with Crippen LogP contribution in [0.2, 0.25) is 0 Å². The average molecular weight is 205 g/mol. The lowest BCUT2D eigenvalue weighted by molar-refractivity contribution is 0.109. The smallest absolute Gasteiger partial charge is 0.185 e. The quantitative estimate of drug-likeness (QED) is 0.708. The van der Waals surface area contributed by atoms with Crippen molar-refractivity contribution in [2.45, 2.75) is 31.8 Å². The predicted molar refractivity (Wildman–Crippen MR) is 55.6 cm³/mol. The first-order valence-electron chi connectivity index (χ1n) is 5.63. The van der Waals surface area contributed by atoms with Crippen molar-refractivity contribution in [3.05, 3.63) is 23.7 Å². The highest BCUT2D eigenvalue weighted by Gasteiger charge is 2.37. The number of hydrogen-bond acceptors (Lipinski definition) is 3. The molecule has 1 aliphatic carbocycles. The zero-order valence-electron chi connectivity index (χ0n) is 8.69. The Morgan fingerprint density at radius 1 is 1.47 bits per heavy atom. The van der Waals surface area contributed by atoms with Crippen molar-refractivity contribution in [3.8, 4) is 0 Å². The molecule has 1 saturated heterocycles. The van der Waals surface area contributed by atoms with Gasteiger partial charge in [-0.15, -0.1) is 0 Å². The molecule has 15 heavy (non-hydrogen) atoms. The van der Waals surface area contributed by atoms with Gasteiger partial charge < -0.3 is 4.42 Å². The molecule has 2 unspecified atom stereocenters. The van der Waals surface area contributed by atoms with Gasteiger partial charge in [-0.25, -0.2) is 0 Å². The maximum atomic E-state index is 10.5. The molecular weight excluding hydrogens is 190 g/mol. The molecule has 0 radical (unpaired) electrons. The molecule has 2 aliphatic rings. The normalized spacial score (nSPS) is 29.9. The fourth-order valence-electron chi connectivity index (χ4n) is 2.96. The second kappa shape index (κ2) is 3.49. The minimum absolute atomic E-state index is 0.439. The highest BCUT2D eigenvalue weighted by atomic mass is 16.3.